The highest BCUT2D eigenvalue weighted by atomic mass is 16.1. The Bertz CT molecular complexity index is 218. The molecule has 0 saturated carbocycles. The first-order valence-corrected chi connectivity index (χ1v) is 5.26. The fraction of sp³-hybridized carbons (Fsp3) is 0.727. The summed E-state index contributed by atoms with van der Waals surface area (Å²) >= 11 is 0. The van der Waals surface area contributed by atoms with Crippen LogP contribution in [0.1, 0.15) is 51.9 Å². The molecule has 13 heavy (non-hydrogen) atoms. The minimum atomic E-state index is -0.189. The quantitative estimate of drug-likeness (QED) is 0.711. The molecule has 0 aliphatic heterocycles. The smallest absolute Gasteiger partial charge is 0.244 e. The highest BCUT2D eigenvalue weighted by Crippen LogP contribution is 2.27. The number of hydrogen-bond acceptors (Lipinski definition) is 1. The molecule has 0 heterocycles. The molecule has 0 radical (unpaired) electrons. The Kier molecular flexibility index (Phi) is 4.00. The average Bonchev–Trinajstić information content (AvgIpc) is 2.15. The van der Waals surface area contributed by atoms with Gasteiger partial charge in [0, 0.05) is 5.57 Å². The van der Waals surface area contributed by atoms with Crippen molar-refractivity contribution in [1.29, 1.82) is 0 Å². The Morgan fingerprint density at radius 2 is 2.08 bits per heavy atom. The molecule has 0 bridgehead atoms. The predicted molar refractivity (Wildman–Crippen MR) is 54.2 cm³/mol. The molecule has 2 heteroatoms. The van der Waals surface area contributed by atoms with Crippen molar-refractivity contribution in [2.24, 2.45) is 5.73 Å². The van der Waals surface area contributed by atoms with Gasteiger partial charge >= 0.3 is 0 Å². The first-order valence-electron chi connectivity index (χ1n) is 5.26. The van der Waals surface area contributed by atoms with E-state index in [-0.39, 0.29) is 5.91 Å². The van der Waals surface area contributed by atoms with E-state index in [0.29, 0.717) is 0 Å². The Morgan fingerprint density at radius 3 is 2.69 bits per heavy atom. The summed E-state index contributed by atoms with van der Waals surface area (Å²) in [6, 6.07) is 0. The fourth-order valence-corrected chi connectivity index (χ4v) is 1.93. The van der Waals surface area contributed by atoms with Crippen LogP contribution in [0.5, 0.6) is 0 Å². The number of allylic oxidation sites excluding steroid dienone is 1. The van der Waals surface area contributed by atoms with Crippen LogP contribution in [0.4, 0.5) is 0 Å². The summed E-state index contributed by atoms with van der Waals surface area (Å²) in [5.74, 6) is -0.189. The summed E-state index contributed by atoms with van der Waals surface area (Å²) in [7, 11) is 0. The van der Waals surface area contributed by atoms with Crippen molar-refractivity contribution in [3.63, 3.8) is 0 Å². The third-order valence-corrected chi connectivity index (χ3v) is 2.71. The van der Waals surface area contributed by atoms with E-state index in [0.717, 1.165) is 31.3 Å². The minimum Gasteiger partial charge on any atom is -0.366 e. The van der Waals surface area contributed by atoms with Gasteiger partial charge in [-0.25, -0.2) is 0 Å². The summed E-state index contributed by atoms with van der Waals surface area (Å²) in [5.41, 5.74) is 7.60. The van der Waals surface area contributed by atoms with Gasteiger partial charge in [0.15, 0.2) is 0 Å². The third-order valence-electron chi connectivity index (χ3n) is 2.71. The number of carbonyl (C=O) groups excluding carboxylic acids is 1. The molecule has 0 atom stereocenters. The lowest BCUT2D eigenvalue weighted by Crippen LogP contribution is -2.18. The zero-order valence-corrected chi connectivity index (χ0v) is 8.44. The number of carbonyl (C=O) groups is 1. The second-order valence-electron chi connectivity index (χ2n) is 3.76. The number of rotatable bonds is 4. The molecule has 0 fully saturated rings. The lowest BCUT2D eigenvalue weighted by molar-refractivity contribution is -0.114. The number of hydrogen-bond donors (Lipinski definition) is 1. The van der Waals surface area contributed by atoms with Crippen LogP contribution in [-0.2, 0) is 4.79 Å². The minimum absolute atomic E-state index is 0.189. The third kappa shape index (κ3) is 2.87. The Labute approximate surface area is 80.2 Å². The van der Waals surface area contributed by atoms with Crippen molar-refractivity contribution >= 4 is 5.91 Å². The van der Waals surface area contributed by atoms with Gasteiger partial charge in [-0.1, -0.05) is 18.9 Å². The molecule has 0 aromatic carbocycles. The molecule has 0 aromatic rings. The predicted octanol–water partition coefficient (Wildman–Crippen LogP) is 2.53. The van der Waals surface area contributed by atoms with E-state index in [1.54, 1.807) is 0 Å². The van der Waals surface area contributed by atoms with Gasteiger partial charge in [0.05, 0.1) is 0 Å². The number of unbranched alkanes of at least 4 members (excludes halogenated alkanes) is 1. The molecular weight excluding hydrogens is 162 g/mol. The molecule has 1 aliphatic carbocycles. The van der Waals surface area contributed by atoms with Crippen LogP contribution in [0.15, 0.2) is 11.1 Å². The Balaban J connectivity index is 2.65. The lowest BCUT2D eigenvalue weighted by atomic mass is 9.88. The molecule has 74 valence electrons. The van der Waals surface area contributed by atoms with E-state index < -0.39 is 0 Å². The van der Waals surface area contributed by atoms with Crippen molar-refractivity contribution in [2.45, 2.75) is 51.9 Å². The number of primary amides is 1. The SMILES string of the molecule is CCCCC1=C(C(N)=O)CCCC1. The molecule has 1 rings (SSSR count). The highest BCUT2D eigenvalue weighted by molar-refractivity contribution is 5.92. The van der Waals surface area contributed by atoms with Crippen LogP contribution in [0.25, 0.3) is 0 Å². The van der Waals surface area contributed by atoms with Crippen LogP contribution >= 0.6 is 0 Å². The van der Waals surface area contributed by atoms with Gasteiger partial charge in [-0.2, -0.15) is 0 Å². The first-order chi connectivity index (χ1) is 6.25. The van der Waals surface area contributed by atoms with E-state index in [2.05, 4.69) is 6.92 Å². The second-order valence-corrected chi connectivity index (χ2v) is 3.76. The molecule has 0 saturated heterocycles. The summed E-state index contributed by atoms with van der Waals surface area (Å²) in [4.78, 5) is 11.1. The zero-order chi connectivity index (χ0) is 9.68. The summed E-state index contributed by atoms with van der Waals surface area (Å²) in [6.45, 7) is 2.17. The van der Waals surface area contributed by atoms with E-state index in [1.165, 1.54) is 24.8 Å². The molecule has 0 aromatic heterocycles. The monoisotopic (exact) mass is 181 g/mol. The standard InChI is InChI=1S/C11H19NO/c1-2-3-6-9-7-4-5-8-10(9)11(12)13/h2-8H2,1H3,(H2,12,13). The van der Waals surface area contributed by atoms with Crippen molar-refractivity contribution in [3.05, 3.63) is 11.1 Å². The van der Waals surface area contributed by atoms with Gasteiger partial charge in [0.2, 0.25) is 5.91 Å². The maximum absolute atomic E-state index is 11.1. The van der Waals surface area contributed by atoms with Crippen LogP contribution in [0.2, 0.25) is 0 Å². The fourth-order valence-electron chi connectivity index (χ4n) is 1.93. The zero-order valence-electron chi connectivity index (χ0n) is 8.44. The maximum Gasteiger partial charge on any atom is 0.244 e. The van der Waals surface area contributed by atoms with Crippen molar-refractivity contribution < 1.29 is 4.79 Å². The molecule has 0 unspecified atom stereocenters. The Morgan fingerprint density at radius 1 is 1.38 bits per heavy atom. The molecular formula is C11H19NO. The first kappa shape index (κ1) is 10.3. The van der Waals surface area contributed by atoms with Crippen molar-refractivity contribution in [2.75, 3.05) is 0 Å². The normalized spacial score (nSPS) is 17.6. The van der Waals surface area contributed by atoms with Crippen LogP contribution < -0.4 is 5.73 Å². The summed E-state index contributed by atoms with van der Waals surface area (Å²) in [6.07, 6.45) is 7.83. The van der Waals surface area contributed by atoms with Crippen molar-refractivity contribution in [3.8, 4) is 0 Å². The average molecular weight is 181 g/mol. The van der Waals surface area contributed by atoms with Gasteiger partial charge in [-0.3, -0.25) is 4.79 Å². The lowest BCUT2D eigenvalue weighted by Gasteiger charge is -2.17. The molecule has 1 amide bonds. The van der Waals surface area contributed by atoms with Crippen LogP contribution in [0.3, 0.4) is 0 Å². The van der Waals surface area contributed by atoms with Crippen molar-refractivity contribution in [1.82, 2.24) is 0 Å². The van der Waals surface area contributed by atoms with Crippen LogP contribution in [0, 0.1) is 0 Å². The van der Waals surface area contributed by atoms with Gasteiger partial charge in [-0.15, -0.1) is 0 Å². The molecule has 2 N–H and O–H groups in total. The van der Waals surface area contributed by atoms with Crippen LogP contribution in [-0.4, -0.2) is 5.91 Å². The molecule has 2 nitrogen and oxygen atoms in total. The maximum atomic E-state index is 11.1. The van der Waals surface area contributed by atoms with Gasteiger partial charge in [0.25, 0.3) is 0 Å². The summed E-state index contributed by atoms with van der Waals surface area (Å²) in [5, 5.41) is 0. The highest BCUT2D eigenvalue weighted by Gasteiger charge is 2.15. The Hall–Kier alpha value is -0.790. The van der Waals surface area contributed by atoms with Gasteiger partial charge in [0.1, 0.15) is 0 Å². The topological polar surface area (TPSA) is 43.1 Å². The molecule has 1 aliphatic rings. The number of nitrogens with two attached hydrogens (primary N) is 1. The summed E-state index contributed by atoms with van der Waals surface area (Å²) < 4.78 is 0. The van der Waals surface area contributed by atoms with E-state index in [1.807, 2.05) is 0 Å². The number of amides is 1. The van der Waals surface area contributed by atoms with E-state index in [4.69, 9.17) is 5.73 Å². The second kappa shape index (κ2) is 5.05. The van der Waals surface area contributed by atoms with E-state index in [9.17, 15) is 4.79 Å². The molecule has 0 spiro atoms. The van der Waals surface area contributed by atoms with Gasteiger partial charge in [-0.05, 0) is 38.5 Å². The van der Waals surface area contributed by atoms with Gasteiger partial charge < -0.3 is 5.73 Å². The largest absolute Gasteiger partial charge is 0.366 e. The van der Waals surface area contributed by atoms with E-state index >= 15 is 0 Å².